The Bertz CT molecular complexity index is 474. The Labute approximate surface area is 125 Å². The van der Waals surface area contributed by atoms with Crippen LogP contribution in [0.15, 0.2) is 24.3 Å². The van der Waals surface area contributed by atoms with Gasteiger partial charge in [0.05, 0.1) is 7.11 Å². The van der Waals surface area contributed by atoms with Gasteiger partial charge < -0.3 is 19.8 Å². The van der Waals surface area contributed by atoms with Gasteiger partial charge in [-0.2, -0.15) is 0 Å². The second kappa shape index (κ2) is 6.80. The molecular weight excluding hydrogens is 270 g/mol. The molecule has 1 amide bonds. The van der Waals surface area contributed by atoms with Gasteiger partial charge in [-0.05, 0) is 49.3 Å². The number of rotatable bonds is 3. The first kappa shape index (κ1) is 15.6. The number of nitrogens with zero attached hydrogens (tertiary/aromatic N) is 1. The number of ether oxygens (including phenoxy) is 1. The van der Waals surface area contributed by atoms with Crippen LogP contribution in [0.2, 0.25) is 0 Å². The molecule has 0 radical (unpaired) electrons. The molecule has 0 aliphatic carbocycles. The fourth-order valence-corrected chi connectivity index (χ4v) is 3.24. The van der Waals surface area contributed by atoms with E-state index in [9.17, 15) is 15.0 Å². The number of hydrogen-bond acceptors (Lipinski definition) is 3. The van der Waals surface area contributed by atoms with Crippen LogP contribution in [0.1, 0.15) is 31.2 Å². The van der Waals surface area contributed by atoms with Crippen LogP contribution in [-0.2, 0) is 0 Å². The summed E-state index contributed by atoms with van der Waals surface area (Å²) in [6, 6.07) is 7.77. The Morgan fingerprint density at radius 3 is 2.57 bits per heavy atom. The zero-order chi connectivity index (χ0) is 15.4. The molecule has 1 aromatic carbocycles. The number of hydrogen-bond donors (Lipinski definition) is 2. The van der Waals surface area contributed by atoms with E-state index in [1.54, 1.807) is 7.11 Å². The summed E-state index contributed by atoms with van der Waals surface area (Å²) in [4.78, 5) is 12.8. The third kappa shape index (κ3) is 3.47. The highest BCUT2D eigenvalue weighted by Gasteiger charge is 2.32. The summed E-state index contributed by atoms with van der Waals surface area (Å²) in [6.07, 6.45) is 0.530. The number of methoxy groups -OCH3 is 1. The average molecular weight is 293 g/mol. The monoisotopic (exact) mass is 293 g/mol. The number of carboxylic acid groups (broad SMARTS) is 1. The molecule has 1 aliphatic heterocycles. The van der Waals surface area contributed by atoms with Crippen LogP contribution < -0.4 is 4.74 Å². The number of benzene rings is 1. The van der Waals surface area contributed by atoms with Crippen molar-refractivity contribution in [1.29, 1.82) is 0 Å². The molecule has 1 aliphatic rings. The number of amides is 1. The zero-order valence-electron chi connectivity index (χ0n) is 12.5. The first-order chi connectivity index (χ1) is 10.1. The van der Waals surface area contributed by atoms with Crippen molar-refractivity contribution in [2.45, 2.75) is 31.7 Å². The molecule has 5 heteroatoms. The lowest BCUT2D eigenvalue weighted by Crippen LogP contribution is -2.37. The van der Waals surface area contributed by atoms with Crippen LogP contribution in [0.3, 0.4) is 0 Å². The summed E-state index contributed by atoms with van der Waals surface area (Å²) in [7, 11) is 1.63. The van der Waals surface area contributed by atoms with E-state index in [1.807, 2.05) is 31.2 Å². The standard InChI is InChI=1S/C16H23NO4/c1-11-9-13(10-18)15(7-8-17(11)16(19)20)12-3-5-14(21-2)6-4-12/h3-6,11,13,15,18H,7-10H2,1-2H3,(H,19,20)/t11?,13-,15-/m1/s1. The maximum Gasteiger partial charge on any atom is 0.407 e. The van der Waals surface area contributed by atoms with Crippen molar-refractivity contribution in [3.8, 4) is 5.75 Å². The molecular formula is C16H23NO4. The predicted molar refractivity (Wildman–Crippen MR) is 79.7 cm³/mol. The largest absolute Gasteiger partial charge is 0.497 e. The van der Waals surface area contributed by atoms with Crippen molar-refractivity contribution in [3.05, 3.63) is 29.8 Å². The van der Waals surface area contributed by atoms with Gasteiger partial charge in [-0.3, -0.25) is 0 Å². The molecule has 3 atom stereocenters. The fourth-order valence-electron chi connectivity index (χ4n) is 3.24. The van der Waals surface area contributed by atoms with E-state index < -0.39 is 6.09 Å². The van der Waals surface area contributed by atoms with Gasteiger partial charge in [-0.25, -0.2) is 4.79 Å². The summed E-state index contributed by atoms with van der Waals surface area (Å²) in [5.74, 6) is 1.05. The number of aliphatic hydroxyl groups excluding tert-OH is 1. The van der Waals surface area contributed by atoms with Crippen molar-refractivity contribution in [2.24, 2.45) is 5.92 Å². The molecule has 116 valence electrons. The third-order valence-corrected chi connectivity index (χ3v) is 4.45. The van der Waals surface area contributed by atoms with Gasteiger partial charge in [0, 0.05) is 19.2 Å². The Morgan fingerprint density at radius 2 is 2.05 bits per heavy atom. The smallest absolute Gasteiger partial charge is 0.407 e. The van der Waals surface area contributed by atoms with Crippen LogP contribution in [0.5, 0.6) is 5.75 Å². The van der Waals surface area contributed by atoms with Gasteiger partial charge in [0.2, 0.25) is 0 Å². The molecule has 21 heavy (non-hydrogen) atoms. The molecule has 2 N–H and O–H groups in total. The second-order valence-corrected chi connectivity index (χ2v) is 5.67. The molecule has 1 saturated heterocycles. The number of carbonyl (C=O) groups is 1. The molecule has 2 rings (SSSR count). The van der Waals surface area contributed by atoms with Gasteiger partial charge in [0.15, 0.2) is 0 Å². The number of likely N-dealkylation sites (tertiary alicyclic amines) is 1. The minimum atomic E-state index is -0.880. The quantitative estimate of drug-likeness (QED) is 0.898. The van der Waals surface area contributed by atoms with Crippen LogP contribution in [0.25, 0.3) is 0 Å². The Hall–Kier alpha value is -1.75. The van der Waals surface area contributed by atoms with Crippen molar-refractivity contribution in [2.75, 3.05) is 20.3 Å². The van der Waals surface area contributed by atoms with Gasteiger partial charge in [-0.1, -0.05) is 12.1 Å². The van der Waals surface area contributed by atoms with E-state index in [-0.39, 0.29) is 24.5 Å². The Kier molecular flexibility index (Phi) is 5.07. The van der Waals surface area contributed by atoms with E-state index in [0.717, 1.165) is 17.7 Å². The van der Waals surface area contributed by atoms with E-state index in [2.05, 4.69) is 0 Å². The van der Waals surface area contributed by atoms with Crippen molar-refractivity contribution < 1.29 is 19.7 Å². The molecule has 1 unspecified atom stereocenters. The first-order valence-electron chi connectivity index (χ1n) is 7.31. The van der Waals surface area contributed by atoms with E-state index in [0.29, 0.717) is 13.0 Å². The normalized spacial score (nSPS) is 26.2. The van der Waals surface area contributed by atoms with Gasteiger partial charge in [0.1, 0.15) is 5.75 Å². The SMILES string of the molecule is COc1ccc([C@H]2CCN(C(=O)O)C(C)C[C@@H]2CO)cc1. The van der Waals surface area contributed by atoms with E-state index in [4.69, 9.17) is 4.74 Å². The Morgan fingerprint density at radius 1 is 1.38 bits per heavy atom. The highest BCUT2D eigenvalue weighted by molar-refractivity contribution is 5.65. The predicted octanol–water partition coefficient (Wildman–Crippen LogP) is 2.55. The molecule has 1 heterocycles. The van der Waals surface area contributed by atoms with E-state index in [1.165, 1.54) is 4.90 Å². The lowest BCUT2D eigenvalue weighted by Gasteiger charge is -2.25. The topological polar surface area (TPSA) is 70.0 Å². The molecule has 0 bridgehead atoms. The van der Waals surface area contributed by atoms with Crippen LogP contribution >= 0.6 is 0 Å². The molecule has 0 aromatic heterocycles. The summed E-state index contributed by atoms with van der Waals surface area (Å²) < 4.78 is 5.16. The minimum absolute atomic E-state index is 0.0668. The highest BCUT2D eigenvalue weighted by atomic mass is 16.5. The summed E-state index contributed by atoms with van der Waals surface area (Å²) in [5.41, 5.74) is 1.13. The second-order valence-electron chi connectivity index (χ2n) is 5.67. The van der Waals surface area contributed by atoms with Gasteiger partial charge in [0.25, 0.3) is 0 Å². The Balaban J connectivity index is 2.21. The fraction of sp³-hybridized carbons (Fsp3) is 0.562. The zero-order valence-corrected chi connectivity index (χ0v) is 12.5. The molecule has 5 nitrogen and oxygen atoms in total. The van der Waals surface area contributed by atoms with Crippen LogP contribution in [-0.4, -0.2) is 47.5 Å². The average Bonchev–Trinajstić information content (AvgIpc) is 2.66. The first-order valence-corrected chi connectivity index (χ1v) is 7.31. The molecule has 0 spiro atoms. The summed E-state index contributed by atoms with van der Waals surface area (Å²) in [6.45, 7) is 2.49. The summed E-state index contributed by atoms with van der Waals surface area (Å²) >= 11 is 0. The van der Waals surface area contributed by atoms with E-state index >= 15 is 0 Å². The lowest BCUT2D eigenvalue weighted by molar-refractivity contribution is 0.124. The molecule has 1 fully saturated rings. The maximum absolute atomic E-state index is 11.3. The van der Waals surface area contributed by atoms with Crippen LogP contribution in [0, 0.1) is 5.92 Å². The summed E-state index contributed by atoms with van der Waals surface area (Å²) in [5, 5.41) is 19.0. The van der Waals surface area contributed by atoms with Gasteiger partial charge >= 0.3 is 6.09 Å². The van der Waals surface area contributed by atoms with Crippen molar-refractivity contribution in [1.82, 2.24) is 4.90 Å². The third-order valence-electron chi connectivity index (χ3n) is 4.45. The van der Waals surface area contributed by atoms with Crippen molar-refractivity contribution in [3.63, 3.8) is 0 Å². The number of aliphatic hydroxyl groups is 1. The molecule has 1 aromatic rings. The van der Waals surface area contributed by atoms with Crippen LogP contribution in [0.4, 0.5) is 4.79 Å². The lowest BCUT2D eigenvalue weighted by atomic mass is 9.82. The van der Waals surface area contributed by atoms with Gasteiger partial charge in [-0.15, -0.1) is 0 Å². The highest BCUT2D eigenvalue weighted by Crippen LogP contribution is 2.35. The maximum atomic E-state index is 11.3. The minimum Gasteiger partial charge on any atom is -0.497 e. The van der Waals surface area contributed by atoms with Crippen molar-refractivity contribution >= 4 is 6.09 Å². The molecule has 0 saturated carbocycles.